The molecule has 0 spiro atoms. The fraction of sp³-hybridized carbons (Fsp3) is 0.447. The van der Waals surface area contributed by atoms with Gasteiger partial charge in [0.2, 0.25) is 0 Å². The molecule has 0 saturated heterocycles. The molecule has 1 saturated carbocycles. The number of nitrogens with zero attached hydrogens (tertiary/aromatic N) is 3. The first-order valence-electron chi connectivity index (χ1n) is 16.7. The number of rotatable bonds is 15. The Kier molecular flexibility index (Phi) is 13.4. The van der Waals surface area contributed by atoms with Crippen molar-refractivity contribution in [3.8, 4) is 5.75 Å². The molecule has 8 heteroatoms. The summed E-state index contributed by atoms with van der Waals surface area (Å²) in [5.74, 6) is 0.413. The second-order valence-electron chi connectivity index (χ2n) is 12.5. The van der Waals surface area contributed by atoms with Gasteiger partial charge in [0.1, 0.15) is 5.75 Å². The van der Waals surface area contributed by atoms with Crippen LogP contribution in [0.25, 0.3) is 0 Å². The van der Waals surface area contributed by atoms with E-state index in [0.29, 0.717) is 35.1 Å². The molecule has 2 N–H and O–H groups in total. The average Bonchev–Trinajstić information content (AvgIpc) is 3.07. The molecule has 0 aliphatic heterocycles. The maximum atomic E-state index is 13.5. The van der Waals surface area contributed by atoms with Crippen LogP contribution in [-0.4, -0.2) is 67.7 Å². The van der Waals surface area contributed by atoms with Crippen LogP contribution in [0.15, 0.2) is 65.8 Å². The molecule has 0 heterocycles. The summed E-state index contributed by atoms with van der Waals surface area (Å²) in [6.45, 7) is 13.8. The Morgan fingerprint density at radius 2 is 1.70 bits per heavy atom. The summed E-state index contributed by atoms with van der Waals surface area (Å²) in [7, 11) is 2.10. The number of likely N-dealkylation sites (N-methyl/N-ethyl adjacent to an activating group) is 2. The normalized spacial score (nSPS) is 13.8. The van der Waals surface area contributed by atoms with E-state index in [0.717, 1.165) is 49.4 Å². The van der Waals surface area contributed by atoms with Crippen molar-refractivity contribution < 1.29 is 14.3 Å². The van der Waals surface area contributed by atoms with E-state index in [1.165, 1.54) is 37.7 Å². The highest BCUT2D eigenvalue weighted by atomic mass is 16.5. The van der Waals surface area contributed by atoms with E-state index in [1.54, 1.807) is 24.4 Å². The third-order valence-electron chi connectivity index (χ3n) is 8.94. The van der Waals surface area contributed by atoms with Gasteiger partial charge >= 0.3 is 0 Å². The first-order chi connectivity index (χ1) is 22.2. The number of hydrazone groups is 1. The van der Waals surface area contributed by atoms with Crippen molar-refractivity contribution >= 4 is 23.7 Å². The van der Waals surface area contributed by atoms with Crippen molar-refractivity contribution in [2.24, 2.45) is 11.0 Å². The SMILES string of the molecule is CCN(CC)CCN(C)Cc1cccc(C(=O)Nc2ccc(OCC3CCCCC3)cc2C(=O)N/N=C/c2ccc(C)c(C)c2)c1. The van der Waals surface area contributed by atoms with Crippen molar-refractivity contribution in [2.45, 2.75) is 66.3 Å². The number of anilines is 1. The van der Waals surface area contributed by atoms with Crippen LogP contribution in [-0.2, 0) is 6.54 Å². The quantitative estimate of drug-likeness (QED) is 0.140. The Morgan fingerprint density at radius 3 is 2.43 bits per heavy atom. The van der Waals surface area contributed by atoms with Crippen LogP contribution in [0.5, 0.6) is 5.75 Å². The second-order valence-corrected chi connectivity index (χ2v) is 12.5. The number of hydrogen-bond donors (Lipinski definition) is 2. The Morgan fingerprint density at radius 1 is 0.913 bits per heavy atom. The molecule has 1 aliphatic rings. The fourth-order valence-electron chi connectivity index (χ4n) is 5.80. The maximum Gasteiger partial charge on any atom is 0.273 e. The van der Waals surface area contributed by atoms with Gasteiger partial charge in [-0.1, -0.05) is 63.4 Å². The van der Waals surface area contributed by atoms with Gasteiger partial charge in [-0.3, -0.25) is 9.59 Å². The number of aryl methyl sites for hydroxylation is 2. The molecule has 0 bridgehead atoms. The smallest absolute Gasteiger partial charge is 0.273 e. The third kappa shape index (κ3) is 10.5. The number of hydrogen-bond acceptors (Lipinski definition) is 6. The first-order valence-corrected chi connectivity index (χ1v) is 16.7. The van der Waals surface area contributed by atoms with Crippen LogP contribution in [0, 0.1) is 19.8 Å². The lowest BCUT2D eigenvalue weighted by Gasteiger charge is -2.23. The molecule has 3 aromatic carbocycles. The topological polar surface area (TPSA) is 86.3 Å². The van der Waals surface area contributed by atoms with Crippen LogP contribution in [0.1, 0.15) is 88.9 Å². The van der Waals surface area contributed by atoms with Crippen molar-refractivity contribution in [3.05, 3.63) is 94.0 Å². The number of carbonyl (C=O) groups excluding carboxylic acids is 2. The van der Waals surface area contributed by atoms with Crippen LogP contribution >= 0.6 is 0 Å². The van der Waals surface area contributed by atoms with Gasteiger partial charge in [0, 0.05) is 25.2 Å². The van der Waals surface area contributed by atoms with Gasteiger partial charge in [0.05, 0.1) is 24.1 Å². The van der Waals surface area contributed by atoms with Gasteiger partial charge in [0.25, 0.3) is 11.8 Å². The molecule has 0 unspecified atom stereocenters. The van der Waals surface area contributed by atoms with Crippen LogP contribution in [0.4, 0.5) is 5.69 Å². The highest BCUT2D eigenvalue weighted by Crippen LogP contribution is 2.27. The summed E-state index contributed by atoms with van der Waals surface area (Å²) < 4.78 is 6.14. The largest absolute Gasteiger partial charge is 0.493 e. The fourth-order valence-corrected chi connectivity index (χ4v) is 5.80. The van der Waals surface area contributed by atoms with Crippen LogP contribution in [0.2, 0.25) is 0 Å². The lowest BCUT2D eigenvalue weighted by Crippen LogP contribution is -2.32. The molecule has 0 aromatic heterocycles. The van der Waals surface area contributed by atoms with Gasteiger partial charge in [-0.2, -0.15) is 5.10 Å². The average molecular weight is 626 g/mol. The molecule has 246 valence electrons. The van der Waals surface area contributed by atoms with Crippen molar-refractivity contribution in [3.63, 3.8) is 0 Å². The zero-order valence-electron chi connectivity index (χ0n) is 28.3. The zero-order chi connectivity index (χ0) is 32.9. The number of amides is 2. The maximum absolute atomic E-state index is 13.5. The Bertz CT molecular complexity index is 1480. The van der Waals surface area contributed by atoms with Crippen LogP contribution in [0.3, 0.4) is 0 Å². The molecule has 0 radical (unpaired) electrons. The number of benzene rings is 3. The minimum Gasteiger partial charge on any atom is -0.493 e. The summed E-state index contributed by atoms with van der Waals surface area (Å²) in [4.78, 5) is 31.6. The van der Waals surface area contributed by atoms with Gasteiger partial charge in [-0.15, -0.1) is 0 Å². The lowest BCUT2D eigenvalue weighted by molar-refractivity contribution is 0.0955. The number of ether oxygens (including phenoxy) is 1. The van der Waals surface area contributed by atoms with Gasteiger partial charge in [0.15, 0.2) is 0 Å². The Balaban J connectivity index is 1.47. The highest BCUT2D eigenvalue weighted by Gasteiger charge is 2.18. The molecule has 3 aromatic rings. The van der Waals surface area contributed by atoms with Crippen LogP contribution < -0.4 is 15.5 Å². The van der Waals surface area contributed by atoms with Crippen molar-refractivity contribution in [1.82, 2.24) is 15.2 Å². The van der Waals surface area contributed by atoms with E-state index in [9.17, 15) is 9.59 Å². The minimum atomic E-state index is -0.429. The van der Waals surface area contributed by atoms with E-state index in [-0.39, 0.29) is 5.91 Å². The summed E-state index contributed by atoms with van der Waals surface area (Å²) in [6, 6.07) is 18.9. The molecule has 1 fully saturated rings. The zero-order valence-corrected chi connectivity index (χ0v) is 28.3. The van der Waals surface area contributed by atoms with Crippen molar-refractivity contribution in [2.75, 3.05) is 45.2 Å². The van der Waals surface area contributed by atoms with E-state index >= 15 is 0 Å². The van der Waals surface area contributed by atoms with Gasteiger partial charge in [-0.25, -0.2) is 5.43 Å². The second kappa shape index (κ2) is 17.6. The monoisotopic (exact) mass is 625 g/mol. The minimum absolute atomic E-state index is 0.281. The van der Waals surface area contributed by atoms with E-state index in [4.69, 9.17) is 4.74 Å². The summed E-state index contributed by atoms with van der Waals surface area (Å²) in [6.07, 6.45) is 7.71. The first kappa shape index (κ1) is 34.9. The molecular formula is C38H51N5O3. The highest BCUT2D eigenvalue weighted by molar-refractivity contribution is 6.09. The molecule has 2 amide bonds. The lowest BCUT2D eigenvalue weighted by atomic mass is 9.90. The van der Waals surface area contributed by atoms with E-state index < -0.39 is 5.91 Å². The van der Waals surface area contributed by atoms with E-state index in [2.05, 4.69) is 53.5 Å². The Hall–Kier alpha value is -4.01. The van der Waals surface area contributed by atoms with E-state index in [1.807, 2.05) is 49.4 Å². The number of carbonyl (C=O) groups is 2. The Labute approximate surface area is 275 Å². The standard InChI is InChI=1S/C38H51N5O3/c1-6-43(7-2)21-20-42(5)26-32-14-11-15-33(23-32)37(44)40-36-19-18-34(46-27-30-12-9-8-10-13-30)24-35(36)38(45)41-39-25-31-17-16-28(3)29(4)22-31/h11,14-19,22-25,30H,6-10,12-13,20-21,26-27H2,1-5H3,(H,40,44)(H,41,45)/b39-25+. The molecule has 46 heavy (non-hydrogen) atoms. The molecule has 0 atom stereocenters. The summed E-state index contributed by atoms with van der Waals surface area (Å²) >= 11 is 0. The molecule has 8 nitrogen and oxygen atoms in total. The molecule has 4 rings (SSSR count). The van der Waals surface area contributed by atoms with Gasteiger partial charge < -0.3 is 19.9 Å². The summed E-state index contributed by atoms with van der Waals surface area (Å²) in [5.41, 5.74) is 8.15. The third-order valence-corrected chi connectivity index (χ3v) is 8.94. The summed E-state index contributed by atoms with van der Waals surface area (Å²) in [5, 5.41) is 7.18. The molecular weight excluding hydrogens is 574 g/mol. The van der Waals surface area contributed by atoms with Gasteiger partial charge in [-0.05, 0) is 105 Å². The predicted molar refractivity (Wildman–Crippen MR) is 188 cm³/mol. The number of nitrogens with one attached hydrogen (secondary N) is 2. The van der Waals surface area contributed by atoms with Crippen molar-refractivity contribution in [1.29, 1.82) is 0 Å². The predicted octanol–water partition coefficient (Wildman–Crippen LogP) is 7.05. The molecule has 1 aliphatic carbocycles.